The molecule has 0 N–H and O–H groups in total. The molecular formula is C14H21N5S. The van der Waals surface area contributed by atoms with Gasteiger partial charge in [0.2, 0.25) is 0 Å². The molecule has 3 heterocycles. The summed E-state index contributed by atoms with van der Waals surface area (Å²) in [5, 5.41) is 1.16. The van der Waals surface area contributed by atoms with Crippen LogP contribution in [0.1, 0.15) is 15.6 Å². The minimum absolute atomic E-state index is 0.770. The van der Waals surface area contributed by atoms with Gasteiger partial charge >= 0.3 is 0 Å². The summed E-state index contributed by atoms with van der Waals surface area (Å²) in [6, 6.07) is 0. The summed E-state index contributed by atoms with van der Waals surface area (Å²) in [6.07, 6.45) is 3.31. The first kappa shape index (κ1) is 13.4. The van der Waals surface area contributed by atoms with Crippen LogP contribution in [0.2, 0.25) is 0 Å². The fourth-order valence-corrected chi connectivity index (χ4v) is 3.64. The lowest BCUT2D eigenvalue weighted by molar-refractivity contribution is 0.257. The fourth-order valence-electron chi connectivity index (χ4n) is 2.71. The molecule has 0 spiro atoms. The summed E-state index contributed by atoms with van der Waals surface area (Å²) in [6.45, 7) is 6.89. The van der Waals surface area contributed by atoms with Gasteiger partial charge in [0, 0.05) is 38.1 Å². The average Bonchev–Trinajstić information content (AvgIpc) is 2.91. The lowest BCUT2D eigenvalue weighted by atomic mass is 10.2. The van der Waals surface area contributed by atoms with Crippen molar-refractivity contribution in [3.8, 4) is 0 Å². The average molecular weight is 291 g/mol. The minimum atomic E-state index is 0.770. The van der Waals surface area contributed by atoms with E-state index in [0.717, 1.165) is 37.1 Å². The molecule has 0 fully saturated rings. The van der Waals surface area contributed by atoms with Gasteiger partial charge in [0.25, 0.3) is 0 Å². The summed E-state index contributed by atoms with van der Waals surface area (Å²) in [5.74, 6) is 1.12. The number of amidine groups is 1. The van der Waals surface area contributed by atoms with E-state index in [-0.39, 0.29) is 0 Å². The van der Waals surface area contributed by atoms with Gasteiger partial charge in [0.15, 0.2) is 5.84 Å². The number of fused-ring (bicyclic) bond motifs is 1. The Morgan fingerprint density at radius 3 is 2.75 bits per heavy atom. The maximum atomic E-state index is 4.56. The normalized spacial score (nSPS) is 18.3. The van der Waals surface area contributed by atoms with E-state index < -0.39 is 0 Å². The Labute approximate surface area is 124 Å². The van der Waals surface area contributed by atoms with Gasteiger partial charge in [-0.25, -0.2) is 9.98 Å². The molecule has 5 nitrogen and oxygen atoms in total. The van der Waals surface area contributed by atoms with Gasteiger partial charge in [-0.15, -0.1) is 11.3 Å². The van der Waals surface area contributed by atoms with Crippen LogP contribution >= 0.6 is 11.3 Å². The van der Waals surface area contributed by atoms with E-state index in [1.54, 1.807) is 0 Å². The number of hydrogen-bond acceptors (Lipinski definition) is 6. The van der Waals surface area contributed by atoms with E-state index in [2.05, 4.69) is 58.8 Å². The van der Waals surface area contributed by atoms with Crippen LogP contribution in [0.4, 0.5) is 0 Å². The zero-order valence-electron chi connectivity index (χ0n) is 12.6. The maximum Gasteiger partial charge on any atom is 0.152 e. The van der Waals surface area contributed by atoms with Gasteiger partial charge in [-0.05, 0) is 13.8 Å². The summed E-state index contributed by atoms with van der Waals surface area (Å²) < 4.78 is 0. The maximum absolute atomic E-state index is 4.56. The number of aliphatic imine (C=N–C) groups is 1. The van der Waals surface area contributed by atoms with E-state index in [4.69, 9.17) is 0 Å². The van der Waals surface area contributed by atoms with Crippen LogP contribution in [0.15, 0.2) is 16.9 Å². The van der Waals surface area contributed by atoms with Crippen molar-refractivity contribution in [1.82, 2.24) is 19.7 Å². The van der Waals surface area contributed by atoms with E-state index >= 15 is 0 Å². The van der Waals surface area contributed by atoms with Crippen LogP contribution in [-0.4, -0.2) is 59.5 Å². The molecule has 3 rings (SSSR count). The quantitative estimate of drug-likeness (QED) is 0.848. The highest BCUT2D eigenvalue weighted by molar-refractivity contribution is 7.11. The molecule has 108 valence electrons. The van der Waals surface area contributed by atoms with E-state index in [1.165, 1.54) is 16.3 Å². The molecule has 0 aliphatic carbocycles. The zero-order chi connectivity index (χ0) is 14.3. The third kappa shape index (κ3) is 2.40. The molecule has 2 aliphatic rings. The number of aromatic nitrogens is 1. The smallest absolute Gasteiger partial charge is 0.152 e. The minimum Gasteiger partial charge on any atom is -0.358 e. The molecule has 0 amide bonds. The van der Waals surface area contributed by atoms with Crippen molar-refractivity contribution in [3.63, 3.8) is 0 Å². The fraction of sp³-hybridized carbons (Fsp3) is 0.571. The van der Waals surface area contributed by atoms with Crippen molar-refractivity contribution in [3.05, 3.63) is 27.5 Å². The SMILES string of the molecule is Cc1nc(C)c(CCN2C=C3C(=NCN3C)N(C)C2)s1. The van der Waals surface area contributed by atoms with Gasteiger partial charge in [0.1, 0.15) is 6.67 Å². The van der Waals surface area contributed by atoms with E-state index in [9.17, 15) is 0 Å². The molecule has 2 aliphatic heterocycles. The number of nitrogens with zero attached hydrogens (tertiary/aromatic N) is 5. The first-order valence-corrected chi connectivity index (χ1v) is 7.72. The Morgan fingerprint density at radius 2 is 2.05 bits per heavy atom. The van der Waals surface area contributed by atoms with Crippen LogP contribution in [0.3, 0.4) is 0 Å². The molecule has 0 aromatic carbocycles. The molecule has 0 saturated carbocycles. The Bertz CT molecular complexity index is 574. The molecule has 20 heavy (non-hydrogen) atoms. The van der Waals surface area contributed by atoms with Crippen molar-refractivity contribution in [2.24, 2.45) is 4.99 Å². The second-order valence-corrected chi connectivity index (χ2v) is 6.77. The van der Waals surface area contributed by atoms with Gasteiger partial charge in [-0.2, -0.15) is 0 Å². The predicted octanol–water partition coefficient (Wildman–Crippen LogP) is 1.65. The Balaban J connectivity index is 1.70. The van der Waals surface area contributed by atoms with Gasteiger partial charge in [-0.3, -0.25) is 0 Å². The predicted molar refractivity (Wildman–Crippen MR) is 82.8 cm³/mol. The molecule has 0 saturated heterocycles. The number of rotatable bonds is 3. The molecule has 6 heteroatoms. The first-order valence-electron chi connectivity index (χ1n) is 6.90. The van der Waals surface area contributed by atoms with Crippen LogP contribution in [0.5, 0.6) is 0 Å². The Kier molecular flexibility index (Phi) is 3.41. The van der Waals surface area contributed by atoms with E-state index in [1.807, 2.05) is 11.3 Å². The van der Waals surface area contributed by atoms with Crippen molar-refractivity contribution in [2.75, 3.05) is 34.0 Å². The molecule has 0 atom stereocenters. The zero-order valence-corrected chi connectivity index (χ0v) is 13.4. The van der Waals surface area contributed by atoms with Crippen molar-refractivity contribution in [2.45, 2.75) is 20.3 Å². The lowest BCUT2D eigenvalue weighted by Gasteiger charge is -2.34. The third-order valence-electron chi connectivity index (χ3n) is 3.76. The van der Waals surface area contributed by atoms with Crippen molar-refractivity contribution < 1.29 is 0 Å². The highest BCUT2D eigenvalue weighted by Crippen LogP contribution is 2.22. The monoisotopic (exact) mass is 291 g/mol. The lowest BCUT2D eigenvalue weighted by Crippen LogP contribution is -2.43. The van der Waals surface area contributed by atoms with Crippen LogP contribution < -0.4 is 0 Å². The molecular weight excluding hydrogens is 270 g/mol. The molecule has 1 aromatic rings. The highest BCUT2D eigenvalue weighted by atomic mass is 32.1. The summed E-state index contributed by atoms with van der Waals surface area (Å²) >= 11 is 1.82. The number of likely N-dealkylation sites (N-methyl/N-ethyl adjacent to an activating group) is 2. The Hall–Kier alpha value is -1.56. The summed E-state index contributed by atoms with van der Waals surface area (Å²) in [4.78, 5) is 17.2. The van der Waals surface area contributed by atoms with Gasteiger partial charge < -0.3 is 14.7 Å². The second-order valence-electron chi connectivity index (χ2n) is 5.48. The molecule has 1 aromatic heterocycles. The van der Waals surface area contributed by atoms with Crippen LogP contribution in [-0.2, 0) is 6.42 Å². The molecule has 0 radical (unpaired) electrons. The molecule has 0 unspecified atom stereocenters. The van der Waals surface area contributed by atoms with Crippen LogP contribution in [0, 0.1) is 13.8 Å². The number of aryl methyl sites for hydroxylation is 2. The highest BCUT2D eigenvalue weighted by Gasteiger charge is 2.27. The molecule has 0 bridgehead atoms. The second kappa shape index (κ2) is 5.09. The standard InChI is InChI=1S/C14H21N5S/c1-10-13(20-11(2)16-10)5-6-19-7-12-14(18(4)9-19)15-8-17(12)3/h7H,5-6,8-9H2,1-4H3. The number of thiazole rings is 1. The number of hydrogen-bond donors (Lipinski definition) is 0. The Morgan fingerprint density at radius 1 is 1.25 bits per heavy atom. The van der Waals surface area contributed by atoms with Crippen molar-refractivity contribution >= 4 is 17.2 Å². The summed E-state index contributed by atoms with van der Waals surface area (Å²) in [7, 11) is 4.20. The largest absolute Gasteiger partial charge is 0.358 e. The first-order chi connectivity index (χ1) is 9.54. The van der Waals surface area contributed by atoms with Gasteiger partial charge in [0.05, 0.1) is 23.1 Å². The van der Waals surface area contributed by atoms with E-state index in [0.29, 0.717) is 0 Å². The third-order valence-corrected chi connectivity index (χ3v) is 4.89. The van der Waals surface area contributed by atoms with Gasteiger partial charge in [-0.1, -0.05) is 0 Å². The van der Waals surface area contributed by atoms with Crippen molar-refractivity contribution in [1.29, 1.82) is 0 Å². The summed E-state index contributed by atoms with van der Waals surface area (Å²) in [5.41, 5.74) is 2.42. The topological polar surface area (TPSA) is 35.0 Å². The van der Waals surface area contributed by atoms with Crippen LogP contribution in [0.25, 0.3) is 0 Å².